The summed E-state index contributed by atoms with van der Waals surface area (Å²) in [6.45, 7) is 3.66. The van der Waals surface area contributed by atoms with Crippen LogP contribution in [0.15, 0.2) is 12.3 Å². The zero-order chi connectivity index (χ0) is 13.9. The molecule has 3 N–H and O–H groups in total. The van der Waals surface area contributed by atoms with Gasteiger partial charge >= 0.3 is 5.97 Å². The van der Waals surface area contributed by atoms with E-state index in [0.717, 1.165) is 0 Å². The van der Waals surface area contributed by atoms with Crippen LogP contribution >= 0.6 is 11.6 Å². The van der Waals surface area contributed by atoms with Crippen molar-refractivity contribution in [3.05, 3.63) is 22.8 Å². The number of carboxylic acids is 1. The number of carbonyl (C=O) groups is 2. The monoisotopic (exact) mass is 271 g/mol. The van der Waals surface area contributed by atoms with E-state index in [2.05, 4.69) is 4.98 Å². The lowest BCUT2D eigenvalue weighted by molar-refractivity contribution is -0.116. The van der Waals surface area contributed by atoms with Gasteiger partial charge in [0.1, 0.15) is 5.82 Å². The lowest BCUT2D eigenvalue weighted by Gasteiger charge is -2.26. The number of pyridine rings is 1. The molecule has 0 fully saturated rings. The summed E-state index contributed by atoms with van der Waals surface area (Å²) >= 11 is 5.73. The molecule has 0 saturated heterocycles. The molecule has 1 rings (SSSR count). The first-order chi connectivity index (χ1) is 8.32. The minimum atomic E-state index is -1.15. The standard InChI is InChI=1S/C11H14ClN3O3/c1-6(2)15(5-9(13)16)10-3-7(11(17)18)8(12)4-14-10/h3-4,6H,5H2,1-2H3,(H2,13,16)(H,17,18). The number of hydrogen-bond acceptors (Lipinski definition) is 4. The summed E-state index contributed by atoms with van der Waals surface area (Å²) in [5.41, 5.74) is 5.09. The zero-order valence-corrected chi connectivity index (χ0v) is 10.8. The molecule has 98 valence electrons. The number of primary amides is 1. The van der Waals surface area contributed by atoms with Crippen molar-refractivity contribution in [2.24, 2.45) is 5.73 Å². The van der Waals surface area contributed by atoms with Crippen molar-refractivity contribution in [3.8, 4) is 0 Å². The van der Waals surface area contributed by atoms with Crippen molar-refractivity contribution in [2.45, 2.75) is 19.9 Å². The molecule has 6 nitrogen and oxygen atoms in total. The Morgan fingerprint density at radius 3 is 2.61 bits per heavy atom. The lowest BCUT2D eigenvalue weighted by Crippen LogP contribution is -2.39. The maximum atomic E-state index is 11.0. The van der Waals surface area contributed by atoms with Crippen LogP contribution in [0.2, 0.25) is 5.02 Å². The number of rotatable bonds is 5. The van der Waals surface area contributed by atoms with E-state index in [1.54, 1.807) is 4.90 Å². The topological polar surface area (TPSA) is 96.5 Å². The predicted octanol–water partition coefficient (Wildman–Crippen LogP) is 1.13. The summed E-state index contributed by atoms with van der Waals surface area (Å²) in [5, 5.41) is 9.02. The second kappa shape index (κ2) is 5.68. The van der Waals surface area contributed by atoms with Crippen molar-refractivity contribution in [1.82, 2.24) is 4.98 Å². The molecule has 0 aromatic carbocycles. The van der Waals surface area contributed by atoms with E-state index in [9.17, 15) is 9.59 Å². The van der Waals surface area contributed by atoms with Gasteiger partial charge in [-0.3, -0.25) is 4.79 Å². The third-order valence-electron chi connectivity index (χ3n) is 2.32. The molecule has 0 spiro atoms. The molecule has 0 aliphatic rings. The second-order valence-electron chi connectivity index (χ2n) is 4.02. The Hall–Kier alpha value is -1.82. The molecule has 0 atom stereocenters. The predicted molar refractivity (Wildman–Crippen MR) is 67.9 cm³/mol. The highest BCUT2D eigenvalue weighted by Crippen LogP contribution is 2.21. The Morgan fingerprint density at radius 1 is 1.56 bits per heavy atom. The molecule has 18 heavy (non-hydrogen) atoms. The number of carboxylic acid groups (broad SMARTS) is 1. The minimum Gasteiger partial charge on any atom is -0.478 e. The third-order valence-corrected chi connectivity index (χ3v) is 2.62. The molecule has 0 aliphatic carbocycles. The summed E-state index contributed by atoms with van der Waals surface area (Å²) in [5.74, 6) is -1.31. The smallest absolute Gasteiger partial charge is 0.337 e. The molecule has 1 aromatic rings. The fourth-order valence-corrected chi connectivity index (χ4v) is 1.63. The van der Waals surface area contributed by atoms with Crippen molar-refractivity contribution < 1.29 is 14.7 Å². The fraction of sp³-hybridized carbons (Fsp3) is 0.364. The van der Waals surface area contributed by atoms with Gasteiger partial charge in [-0.2, -0.15) is 0 Å². The number of halogens is 1. The number of carbonyl (C=O) groups excluding carboxylic acids is 1. The van der Waals surface area contributed by atoms with Gasteiger partial charge < -0.3 is 15.7 Å². The van der Waals surface area contributed by atoms with Crippen LogP contribution in [0.4, 0.5) is 5.82 Å². The largest absolute Gasteiger partial charge is 0.478 e. The Kier molecular flexibility index (Phi) is 4.49. The summed E-state index contributed by atoms with van der Waals surface area (Å²) < 4.78 is 0. The number of amides is 1. The quantitative estimate of drug-likeness (QED) is 0.837. The van der Waals surface area contributed by atoms with Gasteiger partial charge in [0.05, 0.1) is 17.1 Å². The van der Waals surface area contributed by atoms with E-state index >= 15 is 0 Å². The third kappa shape index (κ3) is 3.33. The SMILES string of the molecule is CC(C)N(CC(N)=O)c1cc(C(=O)O)c(Cl)cn1. The van der Waals surface area contributed by atoms with E-state index in [1.807, 2.05) is 13.8 Å². The number of aromatic carboxylic acids is 1. The Bertz CT molecular complexity index is 477. The van der Waals surface area contributed by atoms with Crippen molar-refractivity contribution in [3.63, 3.8) is 0 Å². The van der Waals surface area contributed by atoms with Gasteiger partial charge in [-0.15, -0.1) is 0 Å². The second-order valence-corrected chi connectivity index (χ2v) is 4.42. The molecule has 0 aliphatic heterocycles. The highest BCUT2D eigenvalue weighted by atomic mass is 35.5. The van der Waals surface area contributed by atoms with Crippen LogP contribution in [0, 0.1) is 0 Å². The normalized spacial score (nSPS) is 10.4. The van der Waals surface area contributed by atoms with Crippen LogP contribution in [-0.2, 0) is 4.79 Å². The summed E-state index contributed by atoms with van der Waals surface area (Å²) in [4.78, 5) is 27.6. The number of nitrogens with zero attached hydrogens (tertiary/aromatic N) is 2. The van der Waals surface area contributed by atoms with Crippen LogP contribution in [0.25, 0.3) is 0 Å². The first-order valence-corrected chi connectivity index (χ1v) is 5.64. The van der Waals surface area contributed by atoms with Gasteiger partial charge in [0.25, 0.3) is 0 Å². The van der Waals surface area contributed by atoms with Crippen LogP contribution in [-0.4, -0.2) is 34.6 Å². The number of nitrogens with two attached hydrogens (primary N) is 1. The molecule has 1 heterocycles. The summed E-state index contributed by atoms with van der Waals surface area (Å²) in [6.07, 6.45) is 1.25. The average Bonchev–Trinajstić information content (AvgIpc) is 2.26. The van der Waals surface area contributed by atoms with Crippen molar-refractivity contribution >= 4 is 29.3 Å². The summed E-state index contributed by atoms with van der Waals surface area (Å²) in [6, 6.07) is 1.28. The zero-order valence-electron chi connectivity index (χ0n) is 10.1. The fourth-order valence-electron chi connectivity index (χ4n) is 1.44. The minimum absolute atomic E-state index is 0.0364. The van der Waals surface area contributed by atoms with Crippen LogP contribution in [0.5, 0.6) is 0 Å². The molecule has 0 radical (unpaired) electrons. The van der Waals surface area contributed by atoms with Gasteiger partial charge in [0, 0.05) is 12.2 Å². The first-order valence-electron chi connectivity index (χ1n) is 5.26. The number of anilines is 1. The van der Waals surface area contributed by atoms with Gasteiger partial charge in [-0.05, 0) is 19.9 Å². The molecule has 0 bridgehead atoms. The van der Waals surface area contributed by atoms with E-state index < -0.39 is 11.9 Å². The van der Waals surface area contributed by atoms with Gasteiger partial charge in [-0.25, -0.2) is 9.78 Å². The molecule has 1 aromatic heterocycles. The molecule has 1 amide bonds. The number of hydrogen-bond donors (Lipinski definition) is 2. The maximum Gasteiger partial charge on any atom is 0.337 e. The lowest BCUT2D eigenvalue weighted by atomic mass is 10.2. The Balaban J connectivity index is 3.17. The highest BCUT2D eigenvalue weighted by molar-refractivity contribution is 6.33. The Morgan fingerprint density at radius 2 is 2.17 bits per heavy atom. The molecule has 7 heteroatoms. The van der Waals surface area contributed by atoms with Crippen molar-refractivity contribution in [2.75, 3.05) is 11.4 Å². The summed E-state index contributed by atoms with van der Waals surface area (Å²) in [7, 11) is 0. The molecule has 0 saturated carbocycles. The highest BCUT2D eigenvalue weighted by Gasteiger charge is 2.18. The van der Waals surface area contributed by atoms with Crippen LogP contribution in [0.1, 0.15) is 24.2 Å². The van der Waals surface area contributed by atoms with E-state index in [0.29, 0.717) is 5.82 Å². The Labute approximate surface area is 109 Å². The first kappa shape index (κ1) is 14.2. The average molecular weight is 272 g/mol. The maximum absolute atomic E-state index is 11.0. The van der Waals surface area contributed by atoms with E-state index in [-0.39, 0.29) is 23.2 Å². The molecular formula is C11H14ClN3O3. The van der Waals surface area contributed by atoms with Crippen LogP contribution in [0.3, 0.4) is 0 Å². The van der Waals surface area contributed by atoms with E-state index in [1.165, 1.54) is 12.3 Å². The molecular weight excluding hydrogens is 258 g/mol. The van der Waals surface area contributed by atoms with Gasteiger partial charge in [-0.1, -0.05) is 11.6 Å². The van der Waals surface area contributed by atoms with Crippen molar-refractivity contribution in [1.29, 1.82) is 0 Å². The molecule has 0 unspecified atom stereocenters. The number of aromatic nitrogens is 1. The van der Waals surface area contributed by atoms with Crippen LogP contribution < -0.4 is 10.6 Å². The van der Waals surface area contributed by atoms with Gasteiger partial charge in [0.2, 0.25) is 5.91 Å². The van der Waals surface area contributed by atoms with Gasteiger partial charge in [0.15, 0.2) is 0 Å². The van der Waals surface area contributed by atoms with E-state index in [4.69, 9.17) is 22.4 Å².